The zero-order chi connectivity index (χ0) is 16.9. The van der Waals surface area contributed by atoms with E-state index in [1.54, 1.807) is 0 Å². The van der Waals surface area contributed by atoms with E-state index in [1.165, 1.54) is 37.7 Å². The van der Waals surface area contributed by atoms with Crippen molar-refractivity contribution in [2.45, 2.75) is 38.5 Å². The molecular weight excluding hydrogens is 337 g/mol. The first kappa shape index (κ1) is 17.5. The summed E-state index contributed by atoms with van der Waals surface area (Å²) in [6.45, 7) is 3.92. The van der Waals surface area contributed by atoms with Gasteiger partial charge in [-0.3, -0.25) is 4.98 Å². The molecule has 0 spiro atoms. The maximum Gasteiger partial charge on any atom is 0.0702 e. The molecule has 3 rings (SSSR count). The number of hydrogen-bond donors (Lipinski definition) is 0. The molecule has 0 amide bonds. The Morgan fingerprint density at radius 3 is 2.46 bits per heavy atom. The summed E-state index contributed by atoms with van der Waals surface area (Å²) >= 11 is 12.1. The van der Waals surface area contributed by atoms with Crippen molar-refractivity contribution >= 4 is 23.2 Å². The lowest BCUT2D eigenvalue weighted by atomic mass is 9.80. The fourth-order valence-corrected chi connectivity index (χ4v) is 3.78. The van der Waals surface area contributed by atoms with Crippen LogP contribution in [-0.2, 0) is 6.42 Å². The lowest BCUT2D eigenvalue weighted by Crippen LogP contribution is -2.13. The Kier molecular flexibility index (Phi) is 5.97. The van der Waals surface area contributed by atoms with Gasteiger partial charge in [-0.15, -0.1) is 6.58 Å². The average Bonchev–Trinajstić information content (AvgIpc) is 2.63. The number of nitrogens with zero attached hydrogens (tertiary/aromatic N) is 1. The summed E-state index contributed by atoms with van der Waals surface area (Å²) in [7, 11) is 0. The molecule has 24 heavy (non-hydrogen) atoms. The second-order valence-corrected chi connectivity index (χ2v) is 7.55. The SMILES string of the molecule is C=CC1CCC(CCc2ccc(-c3ccc(Cl)c(Cl)c3)nc2)CC1. The van der Waals surface area contributed by atoms with Crippen LogP contribution in [0.3, 0.4) is 0 Å². The Balaban J connectivity index is 1.57. The highest BCUT2D eigenvalue weighted by Gasteiger charge is 2.18. The summed E-state index contributed by atoms with van der Waals surface area (Å²) in [5, 5.41) is 1.14. The summed E-state index contributed by atoms with van der Waals surface area (Å²) < 4.78 is 0. The van der Waals surface area contributed by atoms with Crippen LogP contribution in [0.5, 0.6) is 0 Å². The van der Waals surface area contributed by atoms with Gasteiger partial charge >= 0.3 is 0 Å². The van der Waals surface area contributed by atoms with Gasteiger partial charge in [-0.05, 0) is 74.1 Å². The molecule has 1 aliphatic carbocycles. The van der Waals surface area contributed by atoms with Crippen molar-refractivity contribution in [1.29, 1.82) is 0 Å². The van der Waals surface area contributed by atoms with Gasteiger partial charge in [0.15, 0.2) is 0 Å². The van der Waals surface area contributed by atoms with E-state index in [4.69, 9.17) is 23.2 Å². The van der Waals surface area contributed by atoms with Gasteiger partial charge in [0, 0.05) is 11.8 Å². The molecule has 1 fully saturated rings. The number of hydrogen-bond acceptors (Lipinski definition) is 1. The van der Waals surface area contributed by atoms with E-state index >= 15 is 0 Å². The molecule has 0 atom stereocenters. The standard InChI is InChI=1S/C21H23Cl2N/c1-2-15-3-5-16(6-4-15)7-8-17-9-12-21(24-14-17)18-10-11-19(22)20(23)13-18/h2,9-16H,1,3-8H2. The largest absolute Gasteiger partial charge is 0.256 e. The minimum absolute atomic E-state index is 0.565. The van der Waals surface area contributed by atoms with Crippen molar-refractivity contribution in [3.8, 4) is 11.3 Å². The number of allylic oxidation sites excluding steroid dienone is 1. The van der Waals surface area contributed by atoms with E-state index in [0.717, 1.165) is 29.5 Å². The smallest absolute Gasteiger partial charge is 0.0702 e. The minimum Gasteiger partial charge on any atom is -0.256 e. The highest BCUT2D eigenvalue weighted by atomic mass is 35.5. The van der Waals surface area contributed by atoms with Crippen molar-refractivity contribution in [3.05, 3.63) is 64.8 Å². The monoisotopic (exact) mass is 359 g/mol. The first-order valence-electron chi connectivity index (χ1n) is 8.68. The van der Waals surface area contributed by atoms with Crippen LogP contribution in [0.25, 0.3) is 11.3 Å². The van der Waals surface area contributed by atoms with Crippen LogP contribution in [0.2, 0.25) is 10.0 Å². The van der Waals surface area contributed by atoms with Gasteiger partial charge in [-0.1, -0.05) is 41.4 Å². The van der Waals surface area contributed by atoms with Gasteiger partial charge in [-0.25, -0.2) is 0 Å². The molecule has 0 bridgehead atoms. The molecule has 0 aliphatic heterocycles. The van der Waals surface area contributed by atoms with Crippen LogP contribution in [0, 0.1) is 11.8 Å². The molecule has 3 heteroatoms. The van der Waals surface area contributed by atoms with Crippen molar-refractivity contribution < 1.29 is 0 Å². The van der Waals surface area contributed by atoms with Crippen LogP contribution in [0.15, 0.2) is 49.2 Å². The number of pyridine rings is 1. The predicted molar refractivity (Wildman–Crippen MR) is 104 cm³/mol. The van der Waals surface area contributed by atoms with E-state index in [-0.39, 0.29) is 0 Å². The fraction of sp³-hybridized carbons (Fsp3) is 0.381. The fourth-order valence-electron chi connectivity index (χ4n) is 3.48. The molecule has 0 N–H and O–H groups in total. The third-order valence-electron chi connectivity index (χ3n) is 5.11. The normalized spacial score (nSPS) is 20.8. The third-order valence-corrected chi connectivity index (χ3v) is 5.85. The van der Waals surface area contributed by atoms with E-state index in [2.05, 4.69) is 29.8 Å². The lowest BCUT2D eigenvalue weighted by Gasteiger charge is -2.26. The lowest BCUT2D eigenvalue weighted by molar-refractivity contribution is 0.296. The summed E-state index contributed by atoms with van der Waals surface area (Å²) in [5.74, 6) is 1.60. The number of aromatic nitrogens is 1. The van der Waals surface area contributed by atoms with Gasteiger partial charge in [-0.2, -0.15) is 0 Å². The zero-order valence-corrected chi connectivity index (χ0v) is 15.4. The third kappa shape index (κ3) is 4.40. The molecule has 126 valence electrons. The van der Waals surface area contributed by atoms with Crippen LogP contribution in [0.1, 0.15) is 37.7 Å². The molecule has 1 nitrogen and oxygen atoms in total. The number of aryl methyl sites for hydroxylation is 1. The van der Waals surface area contributed by atoms with E-state index in [0.29, 0.717) is 10.0 Å². The summed E-state index contributed by atoms with van der Waals surface area (Å²) in [6, 6.07) is 9.89. The molecule has 0 radical (unpaired) electrons. The molecule has 1 aliphatic rings. The highest BCUT2D eigenvalue weighted by molar-refractivity contribution is 6.42. The van der Waals surface area contributed by atoms with Crippen molar-refractivity contribution in [2.75, 3.05) is 0 Å². The second-order valence-electron chi connectivity index (χ2n) is 6.74. The van der Waals surface area contributed by atoms with Crippen LogP contribution < -0.4 is 0 Å². The van der Waals surface area contributed by atoms with Crippen LogP contribution in [0.4, 0.5) is 0 Å². The molecule has 1 saturated carbocycles. The Hall–Kier alpha value is -1.31. The maximum absolute atomic E-state index is 6.09. The minimum atomic E-state index is 0.565. The Labute approximate surface area is 154 Å². The molecule has 0 saturated heterocycles. The Bertz CT molecular complexity index is 685. The van der Waals surface area contributed by atoms with Gasteiger partial charge < -0.3 is 0 Å². The van der Waals surface area contributed by atoms with Crippen LogP contribution in [-0.4, -0.2) is 4.98 Å². The molecule has 2 aromatic rings. The zero-order valence-electron chi connectivity index (χ0n) is 13.8. The number of halogens is 2. The first-order valence-corrected chi connectivity index (χ1v) is 9.44. The first-order chi connectivity index (χ1) is 11.7. The van der Waals surface area contributed by atoms with Crippen molar-refractivity contribution in [3.63, 3.8) is 0 Å². The molecule has 1 aromatic heterocycles. The van der Waals surface area contributed by atoms with E-state index < -0.39 is 0 Å². The molecule has 1 heterocycles. The number of benzene rings is 1. The Morgan fingerprint density at radius 2 is 1.83 bits per heavy atom. The topological polar surface area (TPSA) is 12.9 Å². The van der Waals surface area contributed by atoms with Crippen molar-refractivity contribution in [2.24, 2.45) is 11.8 Å². The summed E-state index contributed by atoms with van der Waals surface area (Å²) in [6.07, 6.45) is 11.8. The van der Waals surface area contributed by atoms with Gasteiger partial charge in [0.25, 0.3) is 0 Å². The highest BCUT2D eigenvalue weighted by Crippen LogP contribution is 2.32. The van der Waals surface area contributed by atoms with Crippen molar-refractivity contribution in [1.82, 2.24) is 4.98 Å². The van der Waals surface area contributed by atoms with Crippen LogP contribution >= 0.6 is 23.2 Å². The van der Waals surface area contributed by atoms with Gasteiger partial charge in [0.2, 0.25) is 0 Å². The predicted octanol–water partition coefficient (Wildman–Crippen LogP) is 6.98. The van der Waals surface area contributed by atoms with Gasteiger partial charge in [0.1, 0.15) is 0 Å². The number of rotatable bonds is 5. The van der Waals surface area contributed by atoms with Gasteiger partial charge in [0.05, 0.1) is 15.7 Å². The van der Waals surface area contributed by atoms with E-state index in [1.807, 2.05) is 24.4 Å². The second kappa shape index (κ2) is 8.18. The summed E-state index contributed by atoms with van der Waals surface area (Å²) in [4.78, 5) is 4.59. The quantitative estimate of drug-likeness (QED) is 0.524. The molecule has 1 aromatic carbocycles. The maximum atomic E-state index is 6.09. The Morgan fingerprint density at radius 1 is 1.04 bits per heavy atom. The molecule has 0 unspecified atom stereocenters. The molecular formula is C21H23Cl2N. The van der Waals surface area contributed by atoms with E-state index in [9.17, 15) is 0 Å². The summed E-state index contributed by atoms with van der Waals surface area (Å²) in [5.41, 5.74) is 3.24. The average molecular weight is 360 g/mol.